The van der Waals surface area contributed by atoms with Gasteiger partial charge in [-0.05, 0) is 52.6 Å². The topological polar surface area (TPSA) is 20.3 Å². The van der Waals surface area contributed by atoms with Crippen molar-refractivity contribution < 1.29 is 4.79 Å². The summed E-state index contributed by atoms with van der Waals surface area (Å²) >= 11 is 0. The second kappa shape index (κ2) is 2.81. The maximum Gasteiger partial charge on any atom is 0.126 e. The molecule has 0 spiro atoms. The molecule has 0 aliphatic heterocycles. The molecule has 3 rings (SSSR count). The molecule has 0 aromatic heterocycles. The summed E-state index contributed by atoms with van der Waals surface area (Å²) in [6.45, 7) is 0. The summed E-state index contributed by atoms with van der Waals surface area (Å²) in [5.41, 5.74) is 0.516. The Bertz CT molecular complexity index is 198. The van der Waals surface area contributed by atoms with Gasteiger partial charge in [-0.3, -0.25) is 0 Å². The molecule has 3 aliphatic carbocycles. The van der Waals surface area contributed by atoms with Crippen molar-refractivity contribution in [3.8, 4) is 0 Å². The van der Waals surface area contributed by atoms with Crippen molar-refractivity contribution >= 4 is 6.29 Å². The van der Waals surface area contributed by atoms with E-state index in [1.165, 1.54) is 25.5 Å². The van der Waals surface area contributed by atoms with Crippen LogP contribution in [0.25, 0.3) is 0 Å². The molecule has 0 amide bonds. The molecule has 13 heavy (non-hydrogen) atoms. The third-order valence-electron chi connectivity index (χ3n) is 4.46. The summed E-state index contributed by atoms with van der Waals surface area (Å²) in [6.07, 6.45) is 8.25. The molecule has 0 heterocycles. The zero-order chi connectivity index (χ0) is 9.53. The van der Waals surface area contributed by atoms with E-state index in [0.29, 0.717) is 5.54 Å². The zero-order valence-electron chi connectivity index (χ0n) is 8.68. The summed E-state index contributed by atoms with van der Waals surface area (Å²) in [5, 5.41) is 0. The van der Waals surface area contributed by atoms with Gasteiger partial charge in [-0.1, -0.05) is 0 Å². The van der Waals surface area contributed by atoms with Crippen molar-refractivity contribution in [2.45, 2.75) is 44.1 Å². The molecule has 3 aliphatic rings. The summed E-state index contributed by atoms with van der Waals surface area (Å²) in [4.78, 5) is 13.4. The fourth-order valence-corrected chi connectivity index (χ4v) is 3.04. The van der Waals surface area contributed by atoms with E-state index in [-0.39, 0.29) is 5.41 Å². The van der Waals surface area contributed by atoms with Gasteiger partial charge >= 0.3 is 0 Å². The van der Waals surface area contributed by atoms with Crippen LogP contribution in [0.4, 0.5) is 0 Å². The molecule has 0 radical (unpaired) electrons. The minimum atomic E-state index is 0.0811. The molecule has 0 aromatic rings. The predicted molar refractivity (Wildman–Crippen MR) is 52.6 cm³/mol. The van der Waals surface area contributed by atoms with Crippen LogP contribution in [0, 0.1) is 5.41 Å². The number of rotatable bonds is 2. The summed E-state index contributed by atoms with van der Waals surface area (Å²) in [6, 6.07) is 0. The second-order valence-corrected chi connectivity index (χ2v) is 5.10. The van der Waals surface area contributed by atoms with E-state index >= 15 is 0 Å². The first-order valence-electron chi connectivity index (χ1n) is 5.26. The van der Waals surface area contributed by atoms with E-state index in [0.717, 1.165) is 19.3 Å². The zero-order valence-corrected chi connectivity index (χ0v) is 8.68. The summed E-state index contributed by atoms with van der Waals surface area (Å²) in [5.74, 6) is 0. The highest BCUT2D eigenvalue weighted by Crippen LogP contribution is 2.52. The Labute approximate surface area is 80.3 Å². The van der Waals surface area contributed by atoms with Gasteiger partial charge in [0.25, 0.3) is 0 Å². The SMILES string of the molecule is CN(C)C12CCC(C=O)(CC1)CC2. The molecule has 3 saturated carbocycles. The van der Waals surface area contributed by atoms with E-state index in [1.54, 1.807) is 0 Å². The molecule has 0 unspecified atom stereocenters. The Morgan fingerprint density at radius 1 is 1.00 bits per heavy atom. The highest BCUT2D eigenvalue weighted by atomic mass is 16.1. The van der Waals surface area contributed by atoms with Crippen molar-refractivity contribution in [3.63, 3.8) is 0 Å². The molecule has 2 bridgehead atoms. The lowest BCUT2D eigenvalue weighted by Gasteiger charge is -2.54. The Kier molecular flexibility index (Phi) is 1.99. The highest BCUT2D eigenvalue weighted by molar-refractivity contribution is 5.60. The van der Waals surface area contributed by atoms with Gasteiger partial charge in [0.05, 0.1) is 0 Å². The molecule has 0 aromatic carbocycles. The number of nitrogens with zero attached hydrogens (tertiary/aromatic N) is 1. The lowest BCUT2D eigenvalue weighted by Crippen LogP contribution is -2.54. The van der Waals surface area contributed by atoms with Crippen molar-refractivity contribution in [2.24, 2.45) is 5.41 Å². The number of hydrogen-bond acceptors (Lipinski definition) is 2. The first kappa shape index (κ1) is 9.20. The highest BCUT2D eigenvalue weighted by Gasteiger charge is 2.49. The molecule has 2 nitrogen and oxygen atoms in total. The van der Waals surface area contributed by atoms with Gasteiger partial charge in [-0.25, -0.2) is 0 Å². The minimum absolute atomic E-state index is 0.0811. The van der Waals surface area contributed by atoms with Crippen LogP contribution >= 0.6 is 0 Å². The lowest BCUT2D eigenvalue weighted by molar-refractivity contribution is -0.125. The normalized spacial score (nSPS) is 43.9. The van der Waals surface area contributed by atoms with Crippen LogP contribution < -0.4 is 0 Å². The minimum Gasteiger partial charge on any atom is -0.304 e. The van der Waals surface area contributed by atoms with E-state index in [4.69, 9.17) is 0 Å². The van der Waals surface area contributed by atoms with Gasteiger partial charge in [0.2, 0.25) is 0 Å². The molecular weight excluding hydrogens is 162 g/mol. The lowest BCUT2D eigenvalue weighted by atomic mass is 9.57. The fourth-order valence-electron chi connectivity index (χ4n) is 3.04. The number of fused-ring (bicyclic) bond motifs is 3. The molecule has 2 heteroatoms. The molecular formula is C11H19NO. The van der Waals surface area contributed by atoms with Gasteiger partial charge in [0.15, 0.2) is 0 Å². The first-order valence-corrected chi connectivity index (χ1v) is 5.26. The van der Waals surface area contributed by atoms with E-state index in [1.807, 2.05) is 0 Å². The second-order valence-electron chi connectivity index (χ2n) is 5.10. The Balaban J connectivity index is 2.15. The van der Waals surface area contributed by atoms with Crippen LogP contribution in [0.5, 0.6) is 0 Å². The first-order chi connectivity index (χ1) is 6.13. The van der Waals surface area contributed by atoms with Crippen LogP contribution in [0.15, 0.2) is 0 Å². The predicted octanol–water partition coefficient (Wildman–Crippen LogP) is 1.84. The van der Waals surface area contributed by atoms with E-state index in [9.17, 15) is 4.79 Å². The quantitative estimate of drug-likeness (QED) is 0.606. The van der Waals surface area contributed by atoms with E-state index < -0.39 is 0 Å². The molecule has 0 saturated heterocycles. The number of aldehydes is 1. The van der Waals surface area contributed by atoms with Crippen LogP contribution in [0.2, 0.25) is 0 Å². The van der Waals surface area contributed by atoms with Gasteiger partial charge in [0.1, 0.15) is 6.29 Å². The summed E-state index contributed by atoms with van der Waals surface area (Å²) in [7, 11) is 4.36. The summed E-state index contributed by atoms with van der Waals surface area (Å²) < 4.78 is 0. The van der Waals surface area contributed by atoms with E-state index in [2.05, 4.69) is 19.0 Å². The van der Waals surface area contributed by atoms with Gasteiger partial charge < -0.3 is 9.69 Å². The third-order valence-corrected chi connectivity index (χ3v) is 4.46. The average Bonchev–Trinajstić information content (AvgIpc) is 2.20. The van der Waals surface area contributed by atoms with Crippen molar-refractivity contribution in [2.75, 3.05) is 14.1 Å². The maximum atomic E-state index is 11.0. The van der Waals surface area contributed by atoms with Gasteiger partial charge in [0, 0.05) is 11.0 Å². The smallest absolute Gasteiger partial charge is 0.126 e. The number of carbonyl (C=O) groups excluding carboxylic acids is 1. The van der Waals surface area contributed by atoms with Crippen LogP contribution in [0.3, 0.4) is 0 Å². The van der Waals surface area contributed by atoms with Gasteiger partial charge in [-0.15, -0.1) is 0 Å². The Morgan fingerprint density at radius 2 is 1.46 bits per heavy atom. The van der Waals surface area contributed by atoms with Crippen molar-refractivity contribution in [1.82, 2.24) is 4.90 Å². The largest absolute Gasteiger partial charge is 0.304 e. The standard InChI is InChI=1S/C11H19NO/c1-12(2)11-6-3-10(9-13,4-7-11)5-8-11/h9H,3-8H2,1-2H3. The van der Waals surface area contributed by atoms with Crippen molar-refractivity contribution in [3.05, 3.63) is 0 Å². The van der Waals surface area contributed by atoms with Gasteiger partial charge in [-0.2, -0.15) is 0 Å². The molecule has 0 atom stereocenters. The van der Waals surface area contributed by atoms with Crippen LogP contribution in [-0.2, 0) is 4.79 Å². The fraction of sp³-hybridized carbons (Fsp3) is 0.909. The number of carbonyl (C=O) groups is 1. The maximum absolute atomic E-state index is 11.0. The Hall–Kier alpha value is -0.370. The molecule has 3 fully saturated rings. The molecule has 0 N–H and O–H groups in total. The third kappa shape index (κ3) is 1.23. The van der Waals surface area contributed by atoms with Crippen LogP contribution in [-0.4, -0.2) is 30.8 Å². The average molecular weight is 181 g/mol. The van der Waals surface area contributed by atoms with Crippen molar-refractivity contribution in [1.29, 1.82) is 0 Å². The number of hydrogen-bond donors (Lipinski definition) is 0. The Morgan fingerprint density at radius 3 is 1.77 bits per heavy atom. The van der Waals surface area contributed by atoms with Crippen LogP contribution in [0.1, 0.15) is 38.5 Å². The molecule has 74 valence electrons. The monoisotopic (exact) mass is 181 g/mol.